The van der Waals surface area contributed by atoms with Crippen LogP contribution in [0.1, 0.15) is 144 Å². The zero-order valence-corrected chi connectivity index (χ0v) is 56.0. The summed E-state index contributed by atoms with van der Waals surface area (Å²) in [6, 6.07) is 4.18. The Morgan fingerprint density at radius 2 is 1.41 bits per heavy atom. The topological polar surface area (TPSA) is 282 Å². The van der Waals surface area contributed by atoms with Gasteiger partial charge in [-0.05, 0) is 143 Å². The Balaban J connectivity index is 0.667. The number of aliphatic hydroxyl groups is 2. The number of rotatable bonds is 32. The molecule has 2 aromatic rings. The van der Waals surface area contributed by atoms with Crippen molar-refractivity contribution in [2.75, 3.05) is 98.4 Å². The van der Waals surface area contributed by atoms with Crippen LogP contribution >= 0.6 is 23.1 Å². The number of allylic oxidation sites excluding steroid dienone is 4. The maximum absolute atomic E-state index is 13.8. The van der Waals surface area contributed by atoms with E-state index in [2.05, 4.69) is 41.4 Å². The number of fused-ring (bicyclic) bond motifs is 6. The van der Waals surface area contributed by atoms with Gasteiger partial charge < -0.3 is 59.4 Å². The monoisotopic (exact) mass is 1290 g/mol. The van der Waals surface area contributed by atoms with Gasteiger partial charge in [-0.1, -0.05) is 34.6 Å². The molecule has 5 aliphatic carbocycles. The number of thioether (sulfide) groups is 1. The van der Waals surface area contributed by atoms with Crippen molar-refractivity contribution in [3.05, 3.63) is 45.5 Å². The van der Waals surface area contributed by atoms with Gasteiger partial charge in [0.2, 0.25) is 17.7 Å². The number of carboxylic acids is 1. The first-order chi connectivity index (χ1) is 42.8. The Morgan fingerprint density at radius 3 is 2.09 bits per heavy atom. The molecule has 21 nitrogen and oxygen atoms in total. The number of nitrogens with one attached hydrogen (secondary N) is 2. The molecular weight excluding hydrogens is 1190 g/mol. The van der Waals surface area contributed by atoms with Crippen LogP contribution in [-0.4, -0.2) is 193 Å². The smallest absolute Gasteiger partial charge is 0.415 e. The lowest BCUT2D eigenvalue weighted by Crippen LogP contribution is -2.58. The zero-order valence-electron chi connectivity index (χ0n) is 54.4. The van der Waals surface area contributed by atoms with Crippen LogP contribution in [0.2, 0.25) is 0 Å². The number of ether oxygens (including phenoxy) is 5. The summed E-state index contributed by atoms with van der Waals surface area (Å²) in [5.41, 5.74) is 1.53. The fraction of sp³-hybridized carbons (Fsp3) is 0.716. The van der Waals surface area contributed by atoms with E-state index in [4.69, 9.17) is 23.7 Å². The Bertz CT molecular complexity index is 3020. The standard InChI is InChI=1S/C67H98N6O15S2/c1-40(47-13-14-48-57-49(18-21-67(47,48)8)66(7)20-17-45(74)35-44(66)36-52(57)75)11-16-54(76)68-22-10-23-69-55(77)19-27-84-29-31-86-33-34-87-32-30-85-28-26-73(25-24-72(9)56(78)38-65(5,6)58-43(4)59(79)41(2)42(3)60(58)80)64(83)88-46-12-15-50-53(37-46)90-62(70-50)61-71-51(39-89-61)63(81)82/h12,15,37,40,44-45,47-49,51-52,57,74-75H,10-11,13-14,16-36,38-39H2,1-9H3,(H,68,76)(H,69,77)(H,81,82)/t40-,44+,45-,47-,48+,49+,51?,52-,57?,66+,67-/m0/s1. The molecule has 0 saturated heterocycles. The van der Waals surface area contributed by atoms with Crippen LogP contribution in [-0.2, 0) is 47.7 Å². The maximum atomic E-state index is 13.8. The molecular formula is C67H98N6O15S2. The van der Waals surface area contributed by atoms with E-state index in [0.29, 0.717) is 136 Å². The second kappa shape index (κ2) is 31.7. The highest BCUT2D eigenvalue weighted by atomic mass is 32.2. The van der Waals surface area contributed by atoms with Gasteiger partial charge in [-0.3, -0.25) is 29.0 Å². The Morgan fingerprint density at radius 1 is 0.778 bits per heavy atom. The number of carbonyl (C=O) groups excluding carboxylic acids is 6. The predicted molar refractivity (Wildman–Crippen MR) is 344 cm³/mol. The Kier molecular flexibility index (Phi) is 24.9. The van der Waals surface area contributed by atoms with Crippen molar-refractivity contribution in [3.63, 3.8) is 0 Å². The van der Waals surface area contributed by atoms with Gasteiger partial charge in [0.15, 0.2) is 17.6 Å². The third-order valence-electron chi connectivity index (χ3n) is 20.9. The molecule has 1 aromatic heterocycles. The highest BCUT2D eigenvalue weighted by Crippen LogP contribution is 2.68. The summed E-state index contributed by atoms with van der Waals surface area (Å²) in [6.45, 7) is 19.1. The SMILES string of the molecule is CC1=C(C)C(=O)C(C(C)(C)CC(=O)N(C)CCN(CCOCCOCCOCCOCCC(=O)NCCCNC(=O)CC[C@H](C)[C@@H]2CC[C@@H]3C4[C@@H](CC[C@]32C)[C@]2(C)CC[C@H](O)C[C@@H]2C[C@@H]4O)C(=O)Oc2ccc3nc(C4=NC(C(=O)O)CS4)sc3c2)=C(C)C1=O. The van der Waals surface area contributed by atoms with Gasteiger partial charge >= 0.3 is 12.1 Å². The van der Waals surface area contributed by atoms with E-state index in [1.165, 1.54) is 39.3 Å². The number of aliphatic carboxylic acids is 1. The Labute approximate surface area is 538 Å². The molecule has 4 amide bonds. The molecule has 5 N–H and O–H groups in total. The first-order valence-electron chi connectivity index (χ1n) is 32.6. The molecule has 8 rings (SSSR count). The number of thiazole rings is 1. The van der Waals surface area contributed by atoms with Gasteiger partial charge in [0.05, 0.1) is 75.3 Å². The molecule has 0 radical (unpaired) electrons. The van der Waals surface area contributed by atoms with E-state index < -0.39 is 23.5 Å². The molecule has 11 atom stereocenters. The van der Waals surface area contributed by atoms with E-state index in [1.807, 2.05) is 0 Å². The van der Waals surface area contributed by atoms with Gasteiger partial charge in [-0.2, -0.15) is 0 Å². The van der Waals surface area contributed by atoms with Crippen LogP contribution in [0.15, 0.2) is 45.5 Å². The van der Waals surface area contributed by atoms with Crippen molar-refractivity contribution in [1.29, 1.82) is 0 Å². The zero-order chi connectivity index (χ0) is 65.1. The van der Waals surface area contributed by atoms with Crippen LogP contribution < -0.4 is 15.4 Å². The van der Waals surface area contributed by atoms with Gasteiger partial charge in [0.1, 0.15) is 15.8 Å². The summed E-state index contributed by atoms with van der Waals surface area (Å²) in [5, 5.41) is 38.5. The van der Waals surface area contributed by atoms with Gasteiger partial charge in [-0.25, -0.2) is 14.6 Å². The molecule has 0 bridgehead atoms. The number of Topliss-reactive ketones (excluding diaryl/α,β-unsaturated/α-hetero) is 2. The second-order valence-corrected chi connectivity index (χ2v) is 29.1. The van der Waals surface area contributed by atoms with Gasteiger partial charge in [-0.15, -0.1) is 23.1 Å². The normalized spacial score (nSPS) is 27.0. The summed E-state index contributed by atoms with van der Waals surface area (Å²) >= 11 is 2.64. The molecule has 90 heavy (non-hydrogen) atoms. The summed E-state index contributed by atoms with van der Waals surface area (Å²) in [7, 11) is 1.62. The van der Waals surface area contributed by atoms with E-state index in [1.54, 1.807) is 59.9 Å². The molecule has 6 aliphatic rings. The number of aliphatic hydroxyl groups excluding tert-OH is 2. The number of hydrogen-bond donors (Lipinski definition) is 5. The highest BCUT2D eigenvalue weighted by molar-refractivity contribution is 8.15. The van der Waals surface area contributed by atoms with Crippen molar-refractivity contribution in [3.8, 4) is 5.75 Å². The van der Waals surface area contributed by atoms with Crippen molar-refractivity contribution >= 4 is 79.7 Å². The van der Waals surface area contributed by atoms with Crippen LogP contribution in [0.4, 0.5) is 4.79 Å². The van der Waals surface area contributed by atoms with E-state index >= 15 is 0 Å². The van der Waals surface area contributed by atoms with Crippen LogP contribution in [0, 0.1) is 51.8 Å². The minimum absolute atomic E-state index is 0.0442. The summed E-state index contributed by atoms with van der Waals surface area (Å²) in [5.74, 6) is 1.51. The molecule has 0 spiro atoms. The largest absolute Gasteiger partial charge is 0.480 e. The van der Waals surface area contributed by atoms with Crippen molar-refractivity contribution < 1.29 is 72.6 Å². The third-order valence-corrected chi connectivity index (χ3v) is 23.1. The summed E-state index contributed by atoms with van der Waals surface area (Å²) < 4.78 is 29.3. The van der Waals surface area contributed by atoms with Gasteiger partial charge in [0, 0.05) is 98.6 Å². The summed E-state index contributed by atoms with van der Waals surface area (Å²) in [4.78, 5) is 103. The number of aliphatic imine (C=N–C) groups is 1. The average Bonchev–Trinajstić information content (AvgIpc) is 1.31. The first kappa shape index (κ1) is 70.7. The predicted octanol–water partition coefficient (Wildman–Crippen LogP) is 8.21. The van der Waals surface area contributed by atoms with Crippen LogP contribution in [0.5, 0.6) is 5.75 Å². The second-order valence-electron chi connectivity index (χ2n) is 27.1. The molecule has 1 aliphatic heterocycles. The summed E-state index contributed by atoms with van der Waals surface area (Å²) in [6.07, 6.45) is 9.15. The molecule has 498 valence electrons. The molecule has 2 unspecified atom stereocenters. The minimum Gasteiger partial charge on any atom is -0.480 e. The van der Waals surface area contributed by atoms with Crippen molar-refractivity contribution in [2.45, 2.75) is 157 Å². The van der Waals surface area contributed by atoms with Crippen molar-refractivity contribution in [1.82, 2.24) is 25.4 Å². The lowest BCUT2D eigenvalue weighted by molar-refractivity contribution is -0.174. The number of likely N-dealkylation sites (N-methyl/N-ethyl adjacent to an activating group) is 1. The number of carboxylic acid groups (broad SMARTS) is 1. The Hall–Kier alpha value is -5.14. The van der Waals surface area contributed by atoms with Crippen LogP contribution in [0.25, 0.3) is 10.2 Å². The number of hydrogen-bond acceptors (Lipinski definition) is 18. The molecule has 4 saturated carbocycles. The third kappa shape index (κ3) is 17.2. The van der Waals surface area contributed by atoms with Crippen molar-refractivity contribution in [2.24, 2.45) is 56.7 Å². The van der Waals surface area contributed by atoms with Crippen LogP contribution in [0.3, 0.4) is 0 Å². The number of benzene rings is 1. The minimum atomic E-state index is -0.996. The quantitative estimate of drug-likeness (QED) is 0.0341. The van der Waals surface area contributed by atoms with E-state index in [9.17, 15) is 48.9 Å². The van der Waals surface area contributed by atoms with E-state index in [-0.39, 0.29) is 117 Å². The molecule has 1 aromatic carbocycles. The lowest BCUT2D eigenvalue weighted by Gasteiger charge is -2.62. The average molecular weight is 1290 g/mol. The first-order valence-corrected chi connectivity index (χ1v) is 34.4. The van der Waals surface area contributed by atoms with Gasteiger partial charge in [0.25, 0.3) is 0 Å². The molecule has 4 fully saturated rings. The number of ketones is 2. The van der Waals surface area contributed by atoms with E-state index in [0.717, 1.165) is 51.4 Å². The molecule has 2 heterocycles. The fourth-order valence-electron chi connectivity index (χ4n) is 15.6. The maximum Gasteiger partial charge on any atom is 0.415 e. The highest BCUT2D eigenvalue weighted by Gasteiger charge is 2.63. The lowest BCUT2D eigenvalue weighted by atomic mass is 9.43. The number of carbonyl (C=O) groups is 7. The fourth-order valence-corrected chi connectivity index (χ4v) is 17.7. The number of nitrogens with zero attached hydrogens (tertiary/aromatic N) is 4. The number of amides is 4. The number of aromatic nitrogens is 1. The molecule has 23 heteroatoms.